The van der Waals surface area contributed by atoms with Crippen LogP contribution in [0.25, 0.3) is 22.1 Å². The zero-order chi connectivity index (χ0) is 10.3. The van der Waals surface area contributed by atoms with Crippen LogP contribution in [-0.2, 0) is 0 Å². The van der Waals surface area contributed by atoms with Gasteiger partial charge in [-0.2, -0.15) is 0 Å². The summed E-state index contributed by atoms with van der Waals surface area (Å²) in [5, 5.41) is 0. The third-order valence-corrected chi connectivity index (χ3v) is 2.52. The molecule has 0 fully saturated rings. The van der Waals surface area contributed by atoms with Crippen LogP contribution in [0.4, 0.5) is 0 Å². The smallest absolute Gasteiger partial charge is 0.235 e. The fraction of sp³-hybridized carbons (Fsp3) is 0. The van der Waals surface area contributed by atoms with E-state index in [0.29, 0.717) is 0 Å². The molecule has 0 aliphatic carbocycles. The van der Waals surface area contributed by atoms with Gasteiger partial charge in [-0.15, -0.1) is 0 Å². The zero-order valence-electron chi connectivity index (χ0n) is 8.09. The lowest BCUT2D eigenvalue weighted by molar-refractivity contribution is -0.583. The topological polar surface area (TPSA) is 42.8 Å². The number of para-hydroxylation sites is 4. The average molecular weight is 196 g/mol. The Morgan fingerprint density at radius 3 is 1.80 bits per heavy atom. The minimum atomic E-state index is 0.915. The summed E-state index contributed by atoms with van der Waals surface area (Å²) in [6.45, 7) is 0. The van der Waals surface area contributed by atoms with E-state index in [4.69, 9.17) is 5.84 Å². The number of rotatable bonds is 0. The molecule has 0 atom stereocenters. The SMILES string of the molecule is N[n+]1c2ccccc2nc2ccccc21. The van der Waals surface area contributed by atoms with Crippen LogP contribution in [0.1, 0.15) is 0 Å². The van der Waals surface area contributed by atoms with E-state index in [-0.39, 0.29) is 0 Å². The second kappa shape index (κ2) is 2.92. The molecular weight excluding hydrogens is 186 g/mol. The Hall–Kier alpha value is -2.16. The third kappa shape index (κ3) is 1.13. The molecule has 3 aromatic rings. The molecule has 72 valence electrons. The highest BCUT2D eigenvalue weighted by molar-refractivity contribution is 5.81. The van der Waals surface area contributed by atoms with Crippen LogP contribution in [0, 0.1) is 0 Å². The van der Waals surface area contributed by atoms with Crippen LogP contribution < -0.4 is 10.5 Å². The molecule has 3 nitrogen and oxygen atoms in total. The predicted octanol–water partition coefficient (Wildman–Crippen LogP) is 1.39. The molecule has 0 saturated heterocycles. The lowest BCUT2D eigenvalue weighted by Gasteiger charge is -1.98. The average Bonchev–Trinajstić information content (AvgIpc) is 2.30. The molecule has 1 heterocycles. The Kier molecular flexibility index (Phi) is 1.59. The van der Waals surface area contributed by atoms with Gasteiger partial charge in [-0.05, 0) is 12.1 Å². The van der Waals surface area contributed by atoms with Gasteiger partial charge in [0.1, 0.15) is 11.0 Å². The second-order valence-corrected chi connectivity index (χ2v) is 3.46. The molecule has 3 rings (SSSR count). The highest BCUT2D eigenvalue weighted by Gasteiger charge is 2.12. The molecule has 2 aromatic carbocycles. The fourth-order valence-electron chi connectivity index (χ4n) is 1.78. The van der Waals surface area contributed by atoms with Crippen LogP contribution in [0.15, 0.2) is 48.5 Å². The zero-order valence-corrected chi connectivity index (χ0v) is 8.09. The number of benzene rings is 2. The molecule has 0 aliphatic rings. The van der Waals surface area contributed by atoms with E-state index in [1.165, 1.54) is 0 Å². The first kappa shape index (κ1) is 8.17. The molecule has 0 spiro atoms. The highest BCUT2D eigenvalue weighted by atomic mass is 15.3. The van der Waals surface area contributed by atoms with Crippen molar-refractivity contribution in [2.75, 3.05) is 5.84 Å². The van der Waals surface area contributed by atoms with Gasteiger partial charge in [-0.1, -0.05) is 28.9 Å². The highest BCUT2D eigenvalue weighted by Crippen LogP contribution is 2.12. The van der Waals surface area contributed by atoms with Crippen LogP contribution in [-0.4, -0.2) is 4.98 Å². The molecule has 15 heavy (non-hydrogen) atoms. The molecule has 2 N–H and O–H groups in total. The van der Waals surface area contributed by atoms with Crippen molar-refractivity contribution in [3.05, 3.63) is 48.5 Å². The second-order valence-electron chi connectivity index (χ2n) is 3.46. The van der Waals surface area contributed by atoms with E-state index in [1.54, 1.807) is 4.68 Å². The van der Waals surface area contributed by atoms with Gasteiger partial charge in [0.2, 0.25) is 0 Å². The van der Waals surface area contributed by atoms with Crippen LogP contribution in [0.5, 0.6) is 0 Å². The molecule has 0 radical (unpaired) electrons. The molecule has 0 saturated carbocycles. The van der Waals surface area contributed by atoms with Crippen molar-refractivity contribution in [3.8, 4) is 0 Å². The number of aromatic nitrogens is 2. The van der Waals surface area contributed by atoms with Gasteiger partial charge in [-0.3, -0.25) is 0 Å². The minimum absolute atomic E-state index is 0.915. The Balaban J connectivity index is 2.60. The number of hydrogen-bond acceptors (Lipinski definition) is 2. The van der Waals surface area contributed by atoms with Gasteiger partial charge in [-0.25, -0.2) is 10.8 Å². The van der Waals surface area contributed by atoms with E-state index in [2.05, 4.69) is 4.98 Å². The van der Waals surface area contributed by atoms with Gasteiger partial charge >= 0.3 is 0 Å². The van der Waals surface area contributed by atoms with Crippen molar-refractivity contribution in [1.82, 2.24) is 4.98 Å². The van der Waals surface area contributed by atoms with Crippen molar-refractivity contribution in [2.45, 2.75) is 0 Å². The van der Waals surface area contributed by atoms with Crippen molar-refractivity contribution in [1.29, 1.82) is 0 Å². The van der Waals surface area contributed by atoms with Gasteiger partial charge in [0.25, 0.3) is 11.0 Å². The standard InChI is InChI=1S/C12H10N3/c13-15-11-7-3-1-5-9(11)14-10-6-2-4-8-12(10)15/h1-8H,(H2,13,14)/q+1. The monoisotopic (exact) mass is 196 g/mol. The van der Waals surface area contributed by atoms with Crippen molar-refractivity contribution in [3.63, 3.8) is 0 Å². The van der Waals surface area contributed by atoms with Crippen LogP contribution >= 0.6 is 0 Å². The lowest BCUT2D eigenvalue weighted by atomic mass is 10.2. The fourth-order valence-corrected chi connectivity index (χ4v) is 1.78. The molecule has 0 bridgehead atoms. The Bertz CT molecular complexity index is 592. The van der Waals surface area contributed by atoms with Crippen LogP contribution in [0.3, 0.4) is 0 Å². The summed E-state index contributed by atoms with van der Waals surface area (Å²) in [6.07, 6.45) is 0. The number of nitrogens with two attached hydrogens (primary N) is 1. The first-order chi connectivity index (χ1) is 7.36. The lowest BCUT2D eigenvalue weighted by Crippen LogP contribution is -2.45. The van der Waals surface area contributed by atoms with E-state index in [9.17, 15) is 0 Å². The molecule has 0 amide bonds. The van der Waals surface area contributed by atoms with E-state index < -0.39 is 0 Å². The van der Waals surface area contributed by atoms with Gasteiger partial charge in [0.05, 0.1) is 0 Å². The maximum absolute atomic E-state index is 6.03. The summed E-state index contributed by atoms with van der Waals surface area (Å²) in [6, 6.07) is 15.7. The maximum atomic E-state index is 6.03. The van der Waals surface area contributed by atoms with Crippen molar-refractivity contribution in [2.24, 2.45) is 0 Å². The summed E-state index contributed by atoms with van der Waals surface area (Å²) >= 11 is 0. The van der Waals surface area contributed by atoms with Crippen LogP contribution in [0.2, 0.25) is 0 Å². The number of nitrogen functional groups attached to an aromatic ring is 1. The molecule has 1 aromatic heterocycles. The van der Waals surface area contributed by atoms with Gasteiger partial charge in [0.15, 0.2) is 0 Å². The first-order valence-electron chi connectivity index (χ1n) is 4.81. The quantitative estimate of drug-likeness (QED) is 0.335. The summed E-state index contributed by atoms with van der Waals surface area (Å²) in [5.74, 6) is 6.03. The summed E-state index contributed by atoms with van der Waals surface area (Å²) < 4.78 is 1.68. The normalized spacial score (nSPS) is 10.9. The number of hydrogen-bond donors (Lipinski definition) is 1. The third-order valence-electron chi connectivity index (χ3n) is 2.52. The summed E-state index contributed by atoms with van der Waals surface area (Å²) in [4.78, 5) is 4.54. The van der Waals surface area contributed by atoms with Gasteiger partial charge < -0.3 is 0 Å². The van der Waals surface area contributed by atoms with Crippen molar-refractivity contribution < 1.29 is 4.68 Å². The van der Waals surface area contributed by atoms with Crippen molar-refractivity contribution >= 4 is 22.1 Å². The Morgan fingerprint density at radius 1 is 0.800 bits per heavy atom. The molecular formula is C12H10N3+. The minimum Gasteiger partial charge on any atom is -0.235 e. The Labute approximate surface area is 86.8 Å². The molecule has 3 heteroatoms. The van der Waals surface area contributed by atoms with E-state index >= 15 is 0 Å². The first-order valence-corrected chi connectivity index (χ1v) is 4.81. The number of nitrogens with zero attached hydrogens (tertiary/aromatic N) is 2. The van der Waals surface area contributed by atoms with Gasteiger partial charge in [0, 0.05) is 12.1 Å². The van der Waals surface area contributed by atoms with E-state index in [1.807, 2.05) is 48.5 Å². The number of fused-ring (bicyclic) bond motifs is 2. The molecule has 0 aliphatic heterocycles. The summed E-state index contributed by atoms with van der Waals surface area (Å²) in [7, 11) is 0. The maximum Gasteiger partial charge on any atom is 0.261 e. The van der Waals surface area contributed by atoms with E-state index in [0.717, 1.165) is 22.1 Å². The largest absolute Gasteiger partial charge is 0.261 e. The Morgan fingerprint density at radius 2 is 1.27 bits per heavy atom. The summed E-state index contributed by atoms with van der Waals surface area (Å²) in [5.41, 5.74) is 3.71. The molecule has 0 unspecified atom stereocenters. The predicted molar refractivity (Wildman–Crippen MR) is 59.6 cm³/mol.